The normalized spacial score (nSPS) is 10.5. The molecule has 0 unspecified atom stereocenters. The van der Waals surface area contributed by atoms with Crippen molar-refractivity contribution < 1.29 is 14.3 Å². The molecule has 0 bridgehead atoms. The number of carbonyl (C=O) groups excluding carboxylic acids is 2. The average molecular weight is 263 g/mol. The van der Waals surface area contributed by atoms with E-state index in [9.17, 15) is 9.59 Å². The molecule has 0 aliphatic rings. The maximum absolute atomic E-state index is 11.7. The minimum absolute atomic E-state index is 0.399. The van der Waals surface area contributed by atoms with Crippen molar-refractivity contribution in [1.29, 1.82) is 5.41 Å². The molecule has 0 aliphatic heterocycles. The number of anilines is 2. The van der Waals surface area contributed by atoms with Crippen molar-refractivity contribution in [3.8, 4) is 0 Å². The van der Waals surface area contributed by atoms with Gasteiger partial charge in [0, 0.05) is 11.8 Å². The number of benzene rings is 1. The number of rotatable bonds is 4. The van der Waals surface area contributed by atoms with Crippen molar-refractivity contribution in [2.24, 2.45) is 0 Å². The number of ether oxygens (including phenoxy) is 1. The fourth-order valence-corrected chi connectivity index (χ4v) is 1.43. The fourth-order valence-electron chi connectivity index (χ4n) is 1.43. The third-order valence-electron chi connectivity index (χ3n) is 2.10. The summed E-state index contributed by atoms with van der Waals surface area (Å²) in [4.78, 5) is 22.1. The molecule has 0 aliphatic carbocycles. The molecule has 0 aromatic heterocycles. The predicted molar refractivity (Wildman–Crippen MR) is 73.9 cm³/mol. The van der Waals surface area contributed by atoms with Crippen molar-refractivity contribution >= 4 is 30.1 Å². The highest BCUT2D eigenvalue weighted by molar-refractivity contribution is 6.00. The third-order valence-corrected chi connectivity index (χ3v) is 2.10. The highest BCUT2D eigenvalue weighted by atomic mass is 16.6. The number of hydrogen-bond donors (Lipinski definition) is 3. The topological polar surface area (TPSA) is 91.3 Å². The summed E-state index contributed by atoms with van der Waals surface area (Å²) < 4.78 is 5.13. The van der Waals surface area contributed by atoms with Crippen LogP contribution in [-0.2, 0) is 9.53 Å². The van der Waals surface area contributed by atoms with Gasteiger partial charge in [0.05, 0.1) is 11.4 Å². The van der Waals surface area contributed by atoms with E-state index in [1.165, 1.54) is 0 Å². The zero-order valence-corrected chi connectivity index (χ0v) is 11.1. The molecular formula is C13H17N3O3. The van der Waals surface area contributed by atoms with Gasteiger partial charge in [-0.3, -0.25) is 10.1 Å². The first-order valence-electron chi connectivity index (χ1n) is 5.71. The third kappa shape index (κ3) is 4.42. The maximum atomic E-state index is 11.7. The van der Waals surface area contributed by atoms with Crippen molar-refractivity contribution in [2.45, 2.75) is 26.4 Å². The van der Waals surface area contributed by atoms with Gasteiger partial charge in [0.2, 0.25) is 6.41 Å². The van der Waals surface area contributed by atoms with Gasteiger partial charge < -0.3 is 15.5 Å². The molecule has 1 rings (SSSR count). The predicted octanol–water partition coefficient (Wildman–Crippen LogP) is 2.60. The molecule has 3 N–H and O–H groups in total. The van der Waals surface area contributed by atoms with E-state index in [2.05, 4.69) is 10.6 Å². The van der Waals surface area contributed by atoms with Crippen molar-refractivity contribution in [3.63, 3.8) is 0 Å². The van der Waals surface area contributed by atoms with Gasteiger partial charge in [-0.05, 0) is 32.9 Å². The average Bonchev–Trinajstić information content (AvgIpc) is 2.27. The van der Waals surface area contributed by atoms with Crippen LogP contribution in [0.4, 0.5) is 16.2 Å². The molecule has 0 spiro atoms. The Hall–Kier alpha value is -2.37. The Morgan fingerprint density at radius 2 is 1.95 bits per heavy atom. The summed E-state index contributed by atoms with van der Waals surface area (Å²) >= 11 is 0. The molecule has 0 atom stereocenters. The Balaban J connectivity index is 2.95. The van der Waals surface area contributed by atoms with Crippen LogP contribution in [0, 0.1) is 5.41 Å². The summed E-state index contributed by atoms with van der Waals surface area (Å²) in [7, 11) is 0. The van der Waals surface area contributed by atoms with E-state index in [0.29, 0.717) is 23.3 Å². The number of carbonyl (C=O) groups is 2. The second-order valence-corrected chi connectivity index (χ2v) is 4.80. The molecule has 0 saturated carbocycles. The zero-order chi connectivity index (χ0) is 14.5. The van der Waals surface area contributed by atoms with E-state index in [4.69, 9.17) is 10.1 Å². The van der Waals surface area contributed by atoms with Crippen molar-refractivity contribution in [1.82, 2.24) is 0 Å². The molecule has 19 heavy (non-hydrogen) atoms. The molecule has 0 radical (unpaired) electrons. The molecule has 6 heteroatoms. The van der Waals surface area contributed by atoms with Gasteiger partial charge in [-0.1, -0.05) is 6.07 Å². The molecule has 1 aromatic carbocycles. The molecule has 2 amide bonds. The Morgan fingerprint density at radius 3 is 2.47 bits per heavy atom. The standard InChI is InChI=1S/C13H17N3O3/c1-13(2,3)19-12(18)16-11-6-4-5-10(15-8-17)9(11)7-14/h4-8,14H,1-3H3,(H,15,17)(H,16,18). The van der Waals surface area contributed by atoms with Crippen LogP contribution in [0.2, 0.25) is 0 Å². The van der Waals surface area contributed by atoms with Crippen LogP contribution in [0.1, 0.15) is 26.3 Å². The second-order valence-electron chi connectivity index (χ2n) is 4.80. The molecule has 102 valence electrons. The van der Waals surface area contributed by atoms with Gasteiger partial charge in [-0.25, -0.2) is 4.79 Å². The monoisotopic (exact) mass is 263 g/mol. The van der Waals surface area contributed by atoms with Gasteiger partial charge in [-0.15, -0.1) is 0 Å². The van der Waals surface area contributed by atoms with Gasteiger partial charge in [0.1, 0.15) is 5.60 Å². The van der Waals surface area contributed by atoms with E-state index in [1.807, 2.05) is 0 Å². The molecule has 6 nitrogen and oxygen atoms in total. The van der Waals surface area contributed by atoms with Crippen LogP contribution >= 0.6 is 0 Å². The fraction of sp³-hybridized carbons (Fsp3) is 0.308. The summed E-state index contributed by atoms with van der Waals surface area (Å²) in [5, 5.41) is 12.4. The summed E-state index contributed by atoms with van der Waals surface area (Å²) in [5.74, 6) is 0. The lowest BCUT2D eigenvalue weighted by atomic mass is 10.1. The lowest BCUT2D eigenvalue weighted by Gasteiger charge is -2.20. The van der Waals surface area contributed by atoms with Gasteiger partial charge >= 0.3 is 6.09 Å². The molecule has 0 saturated heterocycles. The van der Waals surface area contributed by atoms with Gasteiger partial charge in [-0.2, -0.15) is 0 Å². The summed E-state index contributed by atoms with van der Waals surface area (Å²) in [5.41, 5.74) is 0.642. The Bertz CT molecular complexity index is 492. The minimum atomic E-state index is -0.612. The smallest absolute Gasteiger partial charge is 0.412 e. The first-order chi connectivity index (χ1) is 8.87. The van der Waals surface area contributed by atoms with Crippen LogP contribution < -0.4 is 10.6 Å². The van der Waals surface area contributed by atoms with E-state index < -0.39 is 11.7 Å². The van der Waals surface area contributed by atoms with E-state index >= 15 is 0 Å². The molecular weight excluding hydrogens is 246 g/mol. The van der Waals surface area contributed by atoms with Crippen LogP contribution in [0.15, 0.2) is 18.2 Å². The van der Waals surface area contributed by atoms with E-state index in [0.717, 1.165) is 6.21 Å². The van der Waals surface area contributed by atoms with E-state index in [-0.39, 0.29) is 0 Å². The summed E-state index contributed by atoms with van der Waals surface area (Å²) in [6, 6.07) is 4.92. The Kier molecular flexibility index (Phi) is 4.63. The minimum Gasteiger partial charge on any atom is -0.444 e. The number of nitrogens with one attached hydrogen (secondary N) is 3. The van der Waals surface area contributed by atoms with Crippen molar-refractivity contribution in [2.75, 3.05) is 10.6 Å². The van der Waals surface area contributed by atoms with Crippen LogP contribution in [0.25, 0.3) is 0 Å². The molecule has 0 fully saturated rings. The lowest BCUT2D eigenvalue weighted by Crippen LogP contribution is -2.27. The Morgan fingerprint density at radius 1 is 1.32 bits per heavy atom. The van der Waals surface area contributed by atoms with Crippen LogP contribution in [-0.4, -0.2) is 24.3 Å². The Labute approximate surface area is 111 Å². The highest BCUT2D eigenvalue weighted by Gasteiger charge is 2.17. The van der Waals surface area contributed by atoms with Crippen molar-refractivity contribution in [3.05, 3.63) is 23.8 Å². The number of amides is 2. The quantitative estimate of drug-likeness (QED) is 0.576. The first kappa shape index (κ1) is 14.7. The molecule has 0 heterocycles. The highest BCUT2D eigenvalue weighted by Crippen LogP contribution is 2.22. The molecule has 1 aromatic rings. The van der Waals surface area contributed by atoms with Gasteiger partial charge in [0.15, 0.2) is 0 Å². The van der Waals surface area contributed by atoms with E-state index in [1.54, 1.807) is 39.0 Å². The lowest BCUT2D eigenvalue weighted by molar-refractivity contribution is -0.105. The second kappa shape index (κ2) is 5.99. The largest absolute Gasteiger partial charge is 0.444 e. The maximum Gasteiger partial charge on any atom is 0.412 e. The summed E-state index contributed by atoms with van der Waals surface area (Å²) in [6.45, 7) is 5.28. The SMILES string of the molecule is CC(C)(C)OC(=O)Nc1cccc(NC=O)c1C=N. The van der Waals surface area contributed by atoms with Crippen LogP contribution in [0.5, 0.6) is 0 Å². The zero-order valence-electron chi connectivity index (χ0n) is 11.1. The first-order valence-corrected chi connectivity index (χ1v) is 5.71. The number of hydrogen-bond acceptors (Lipinski definition) is 4. The van der Waals surface area contributed by atoms with Gasteiger partial charge in [0.25, 0.3) is 0 Å². The summed E-state index contributed by atoms with van der Waals surface area (Å²) in [6.07, 6.45) is 0.955. The van der Waals surface area contributed by atoms with Crippen LogP contribution in [0.3, 0.4) is 0 Å².